The Hall–Kier alpha value is -2.96. The minimum Gasteiger partial charge on any atom is -0.497 e. The summed E-state index contributed by atoms with van der Waals surface area (Å²) in [5, 5.41) is 2.70. The zero-order valence-corrected chi connectivity index (χ0v) is 15.7. The van der Waals surface area contributed by atoms with Crippen LogP contribution in [-0.2, 0) is 4.79 Å². The first-order valence-corrected chi connectivity index (χ1v) is 8.92. The Morgan fingerprint density at radius 2 is 2.07 bits per heavy atom. The number of hydrogen-bond acceptors (Lipinski definition) is 5. The van der Waals surface area contributed by atoms with Crippen LogP contribution in [0.5, 0.6) is 11.5 Å². The Morgan fingerprint density at radius 3 is 2.74 bits per heavy atom. The van der Waals surface area contributed by atoms with Gasteiger partial charge in [-0.05, 0) is 44.0 Å². The Labute approximate surface area is 158 Å². The molecule has 2 unspecified atom stereocenters. The fraction of sp³-hybridized carbons (Fsp3) is 0.400. The van der Waals surface area contributed by atoms with E-state index in [-0.39, 0.29) is 17.7 Å². The molecule has 1 aliphatic heterocycles. The van der Waals surface area contributed by atoms with Crippen molar-refractivity contribution in [3.63, 3.8) is 0 Å². The highest BCUT2D eigenvalue weighted by Crippen LogP contribution is 2.38. The number of nitrogens with one attached hydrogen (secondary N) is 1. The summed E-state index contributed by atoms with van der Waals surface area (Å²) < 4.78 is 15.8. The molecule has 0 saturated carbocycles. The van der Waals surface area contributed by atoms with E-state index in [1.165, 1.54) is 6.26 Å². The summed E-state index contributed by atoms with van der Waals surface area (Å²) in [5.41, 5.74) is 0.939. The van der Waals surface area contributed by atoms with Crippen molar-refractivity contribution in [2.45, 2.75) is 31.8 Å². The normalized spacial score (nSPS) is 17.4. The number of carbonyl (C=O) groups is 2. The van der Waals surface area contributed by atoms with Gasteiger partial charge in [0.1, 0.15) is 17.5 Å². The number of rotatable bonds is 6. The number of likely N-dealkylation sites (tertiary alicyclic amines) is 1. The summed E-state index contributed by atoms with van der Waals surface area (Å²) in [4.78, 5) is 26.9. The molecule has 2 amide bonds. The highest BCUT2D eigenvalue weighted by atomic mass is 16.5. The van der Waals surface area contributed by atoms with Crippen LogP contribution >= 0.6 is 0 Å². The van der Waals surface area contributed by atoms with Gasteiger partial charge >= 0.3 is 0 Å². The van der Waals surface area contributed by atoms with Crippen molar-refractivity contribution in [3.05, 3.63) is 47.9 Å². The Bertz CT molecular complexity index is 803. The van der Waals surface area contributed by atoms with Gasteiger partial charge in [-0.3, -0.25) is 9.59 Å². The van der Waals surface area contributed by atoms with Crippen LogP contribution < -0.4 is 14.8 Å². The van der Waals surface area contributed by atoms with Crippen molar-refractivity contribution < 1.29 is 23.5 Å². The summed E-state index contributed by atoms with van der Waals surface area (Å²) in [5.74, 6) is 1.04. The lowest BCUT2D eigenvalue weighted by molar-refractivity contribution is -0.133. The molecule has 144 valence electrons. The molecule has 0 radical (unpaired) electrons. The van der Waals surface area contributed by atoms with E-state index in [1.807, 2.05) is 18.2 Å². The van der Waals surface area contributed by atoms with E-state index in [0.717, 1.165) is 18.4 Å². The molecular formula is C20H24N2O5. The van der Waals surface area contributed by atoms with Gasteiger partial charge in [-0.1, -0.05) is 0 Å². The van der Waals surface area contributed by atoms with Crippen LogP contribution in [-0.4, -0.2) is 43.5 Å². The Balaban J connectivity index is 1.75. The molecular weight excluding hydrogens is 348 g/mol. The number of hydrogen-bond donors (Lipinski definition) is 1. The van der Waals surface area contributed by atoms with Crippen LogP contribution in [0.1, 0.15) is 41.9 Å². The molecule has 2 aromatic rings. The van der Waals surface area contributed by atoms with Crippen LogP contribution in [0.25, 0.3) is 0 Å². The number of amides is 2. The number of furan rings is 1. The summed E-state index contributed by atoms with van der Waals surface area (Å²) in [6.07, 6.45) is 3.16. The molecule has 1 N–H and O–H groups in total. The largest absolute Gasteiger partial charge is 0.497 e. The van der Waals surface area contributed by atoms with Gasteiger partial charge in [-0.2, -0.15) is 0 Å². The molecule has 1 aromatic heterocycles. The van der Waals surface area contributed by atoms with Crippen molar-refractivity contribution in [2.75, 3.05) is 20.8 Å². The lowest BCUT2D eigenvalue weighted by atomic mass is 10.0. The summed E-state index contributed by atoms with van der Waals surface area (Å²) in [6, 6.07) is 8.05. The van der Waals surface area contributed by atoms with Gasteiger partial charge in [-0.25, -0.2) is 0 Å². The van der Waals surface area contributed by atoms with E-state index >= 15 is 0 Å². The van der Waals surface area contributed by atoms with Gasteiger partial charge in [-0.15, -0.1) is 0 Å². The Morgan fingerprint density at radius 1 is 1.26 bits per heavy atom. The third kappa shape index (κ3) is 3.92. The molecule has 27 heavy (non-hydrogen) atoms. The molecule has 2 atom stereocenters. The number of methoxy groups -OCH3 is 2. The van der Waals surface area contributed by atoms with Gasteiger partial charge in [0, 0.05) is 18.2 Å². The van der Waals surface area contributed by atoms with E-state index in [2.05, 4.69) is 5.32 Å². The minimum absolute atomic E-state index is 0.0960. The second-order valence-electron chi connectivity index (χ2n) is 6.47. The summed E-state index contributed by atoms with van der Waals surface area (Å²) in [7, 11) is 3.20. The third-order valence-electron chi connectivity index (χ3n) is 4.80. The molecule has 1 saturated heterocycles. The number of benzene rings is 1. The SMILES string of the molecule is COc1ccc(C2CCCN2C(=O)C(C)NC(=O)c2ccco2)c(OC)c1. The topological polar surface area (TPSA) is 81.0 Å². The molecule has 1 aromatic carbocycles. The van der Waals surface area contributed by atoms with Crippen molar-refractivity contribution in [1.82, 2.24) is 10.2 Å². The molecule has 7 nitrogen and oxygen atoms in total. The lowest BCUT2D eigenvalue weighted by Gasteiger charge is -2.29. The van der Waals surface area contributed by atoms with E-state index in [9.17, 15) is 9.59 Å². The maximum Gasteiger partial charge on any atom is 0.287 e. The molecule has 0 bridgehead atoms. The van der Waals surface area contributed by atoms with Crippen LogP contribution in [0.2, 0.25) is 0 Å². The zero-order valence-electron chi connectivity index (χ0n) is 15.7. The molecule has 0 aliphatic carbocycles. The first-order chi connectivity index (χ1) is 13.0. The monoisotopic (exact) mass is 372 g/mol. The smallest absolute Gasteiger partial charge is 0.287 e. The number of nitrogens with zero attached hydrogens (tertiary/aromatic N) is 1. The first kappa shape index (κ1) is 18.8. The fourth-order valence-electron chi connectivity index (χ4n) is 3.43. The van der Waals surface area contributed by atoms with Crippen LogP contribution in [0.4, 0.5) is 0 Å². The van der Waals surface area contributed by atoms with E-state index in [1.54, 1.807) is 38.2 Å². The predicted octanol–water partition coefficient (Wildman–Crippen LogP) is 2.78. The van der Waals surface area contributed by atoms with Crippen molar-refractivity contribution in [1.29, 1.82) is 0 Å². The van der Waals surface area contributed by atoms with Crippen LogP contribution in [0.3, 0.4) is 0 Å². The molecule has 7 heteroatoms. The molecule has 2 heterocycles. The highest BCUT2D eigenvalue weighted by Gasteiger charge is 2.34. The number of ether oxygens (including phenoxy) is 2. The van der Waals surface area contributed by atoms with E-state index in [4.69, 9.17) is 13.9 Å². The Kier molecular flexibility index (Phi) is 5.69. The number of carbonyl (C=O) groups excluding carboxylic acids is 2. The maximum absolute atomic E-state index is 13.0. The summed E-state index contributed by atoms with van der Waals surface area (Å²) >= 11 is 0. The molecule has 1 aliphatic rings. The highest BCUT2D eigenvalue weighted by molar-refractivity contribution is 5.95. The maximum atomic E-state index is 13.0. The van der Waals surface area contributed by atoms with Gasteiger partial charge in [0.15, 0.2) is 5.76 Å². The van der Waals surface area contributed by atoms with Crippen molar-refractivity contribution in [2.24, 2.45) is 0 Å². The average molecular weight is 372 g/mol. The van der Waals surface area contributed by atoms with Crippen LogP contribution in [0, 0.1) is 0 Å². The van der Waals surface area contributed by atoms with Gasteiger partial charge in [0.05, 0.1) is 26.5 Å². The van der Waals surface area contributed by atoms with E-state index < -0.39 is 11.9 Å². The quantitative estimate of drug-likeness (QED) is 0.843. The summed E-state index contributed by atoms with van der Waals surface area (Å²) in [6.45, 7) is 2.32. The molecule has 0 spiro atoms. The van der Waals surface area contributed by atoms with Crippen LogP contribution in [0.15, 0.2) is 41.0 Å². The minimum atomic E-state index is -0.660. The second-order valence-corrected chi connectivity index (χ2v) is 6.47. The third-order valence-corrected chi connectivity index (χ3v) is 4.80. The predicted molar refractivity (Wildman–Crippen MR) is 98.9 cm³/mol. The van der Waals surface area contributed by atoms with Gasteiger partial charge in [0.2, 0.25) is 5.91 Å². The molecule has 1 fully saturated rings. The zero-order chi connectivity index (χ0) is 19.4. The van der Waals surface area contributed by atoms with Crippen molar-refractivity contribution in [3.8, 4) is 11.5 Å². The lowest BCUT2D eigenvalue weighted by Crippen LogP contribution is -2.46. The fourth-order valence-corrected chi connectivity index (χ4v) is 3.43. The average Bonchev–Trinajstić information content (AvgIpc) is 3.38. The first-order valence-electron chi connectivity index (χ1n) is 8.92. The van der Waals surface area contributed by atoms with Gasteiger partial charge in [0.25, 0.3) is 5.91 Å². The van der Waals surface area contributed by atoms with E-state index in [0.29, 0.717) is 18.0 Å². The molecule has 3 rings (SSSR count). The second kappa shape index (κ2) is 8.16. The standard InChI is InChI=1S/C20H24N2O5/c1-13(21-19(23)17-7-5-11-27-17)20(24)22-10-4-6-16(22)15-9-8-14(25-2)12-18(15)26-3/h5,7-9,11-13,16H,4,6,10H2,1-3H3,(H,21,23). The van der Waals surface area contributed by atoms with Gasteiger partial charge < -0.3 is 24.1 Å². The van der Waals surface area contributed by atoms with Crippen molar-refractivity contribution >= 4 is 11.8 Å².